The maximum Gasteiger partial charge on any atom is 0.332 e. The molecule has 5 rings (SSSR count). The monoisotopic (exact) mass is 430 g/mol. The fourth-order valence-corrected chi connectivity index (χ4v) is 4.87. The van der Waals surface area contributed by atoms with Crippen LogP contribution in [0.15, 0.2) is 48.5 Å². The number of rotatable bonds is 4. The number of nitrogens with zero attached hydrogens (tertiary/aromatic N) is 2. The van der Waals surface area contributed by atoms with E-state index in [2.05, 4.69) is 10.3 Å². The molecule has 1 unspecified atom stereocenters. The quantitative estimate of drug-likeness (QED) is 0.615. The van der Waals surface area contributed by atoms with E-state index >= 15 is 0 Å². The largest absolute Gasteiger partial charge is 0.356 e. The SMILES string of the molecule is CCC(C)NC(=O)c1ccccc1N1C(=O)N2CCc3c([nH]c4ccccc34)[C@@]2(C)C1=O. The minimum Gasteiger partial charge on any atom is -0.356 e. The van der Waals surface area contributed by atoms with E-state index in [1.165, 1.54) is 4.90 Å². The number of H-pyrrole nitrogens is 1. The highest BCUT2D eigenvalue weighted by atomic mass is 16.2. The second-order valence-electron chi connectivity index (χ2n) is 8.72. The van der Waals surface area contributed by atoms with E-state index in [4.69, 9.17) is 0 Å². The molecule has 2 atom stereocenters. The zero-order valence-corrected chi connectivity index (χ0v) is 18.4. The molecule has 7 nitrogen and oxygen atoms in total. The molecule has 4 amide bonds. The van der Waals surface area contributed by atoms with Crippen LogP contribution in [0.5, 0.6) is 0 Å². The average molecular weight is 431 g/mol. The molecule has 0 aliphatic carbocycles. The molecule has 3 aromatic rings. The van der Waals surface area contributed by atoms with Gasteiger partial charge in [-0.15, -0.1) is 0 Å². The molecule has 2 N–H and O–H groups in total. The fourth-order valence-electron chi connectivity index (χ4n) is 4.87. The van der Waals surface area contributed by atoms with Gasteiger partial charge in [0.05, 0.1) is 16.9 Å². The average Bonchev–Trinajstić information content (AvgIpc) is 3.27. The van der Waals surface area contributed by atoms with Gasteiger partial charge in [-0.2, -0.15) is 0 Å². The predicted octanol–water partition coefficient (Wildman–Crippen LogP) is 3.94. The van der Waals surface area contributed by atoms with Crippen molar-refractivity contribution in [1.29, 1.82) is 0 Å². The third-order valence-electron chi connectivity index (χ3n) is 6.85. The summed E-state index contributed by atoms with van der Waals surface area (Å²) in [6.45, 7) is 6.14. The van der Waals surface area contributed by atoms with Gasteiger partial charge in [0, 0.05) is 23.5 Å². The Morgan fingerprint density at radius 3 is 2.66 bits per heavy atom. The van der Waals surface area contributed by atoms with Gasteiger partial charge in [0.2, 0.25) is 0 Å². The van der Waals surface area contributed by atoms with Crippen molar-refractivity contribution in [2.24, 2.45) is 0 Å². The van der Waals surface area contributed by atoms with Crippen LogP contribution in [0.3, 0.4) is 0 Å². The minimum atomic E-state index is -1.15. The number of para-hydroxylation sites is 2. The Kier molecular flexibility index (Phi) is 4.58. The summed E-state index contributed by atoms with van der Waals surface area (Å²) in [6, 6.07) is 14.3. The Labute approximate surface area is 186 Å². The first kappa shape index (κ1) is 20.3. The van der Waals surface area contributed by atoms with Crippen LogP contribution in [-0.4, -0.2) is 40.3 Å². The lowest BCUT2D eigenvalue weighted by Crippen LogP contribution is -2.49. The van der Waals surface area contributed by atoms with Gasteiger partial charge >= 0.3 is 6.03 Å². The van der Waals surface area contributed by atoms with Crippen LogP contribution in [0.4, 0.5) is 10.5 Å². The maximum absolute atomic E-state index is 13.9. The van der Waals surface area contributed by atoms with E-state index in [-0.39, 0.29) is 17.9 Å². The van der Waals surface area contributed by atoms with E-state index in [0.717, 1.165) is 28.6 Å². The number of nitrogens with one attached hydrogen (secondary N) is 2. The number of anilines is 1. The molecular formula is C25H26N4O3. The molecule has 0 radical (unpaired) electrons. The first-order chi connectivity index (χ1) is 15.4. The number of carbonyl (C=O) groups excluding carboxylic acids is 3. The summed E-state index contributed by atoms with van der Waals surface area (Å²) in [5, 5.41) is 4.02. The second-order valence-corrected chi connectivity index (χ2v) is 8.72. The Bertz CT molecular complexity index is 1260. The van der Waals surface area contributed by atoms with Gasteiger partial charge in [0.15, 0.2) is 5.54 Å². The molecule has 164 valence electrons. The van der Waals surface area contributed by atoms with Gasteiger partial charge in [-0.25, -0.2) is 9.69 Å². The summed E-state index contributed by atoms with van der Waals surface area (Å²) in [6.07, 6.45) is 1.45. The molecule has 2 aliphatic rings. The molecule has 1 saturated heterocycles. The van der Waals surface area contributed by atoms with Crippen LogP contribution < -0.4 is 10.2 Å². The van der Waals surface area contributed by atoms with Gasteiger partial charge in [-0.1, -0.05) is 37.3 Å². The smallest absolute Gasteiger partial charge is 0.332 e. The van der Waals surface area contributed by atoms with E-state index in [1.54, 1.807) is 36.1 Å². The molecule has 3 heterocycles. The number of imide groups is 1. The van der Waals surface area contributed by atoms with E-state index < -0.39 is 11.6 Å². The van der Waals surface area contributed by atoms with Crippen molar-refractivity contribution in [1.82, 2.24) is 15.2 Å². The first-order valence-corrected chi connectivity index (χ1v) is 11.0. The lowest BCUT2D eigenvalue weighted by Gasteiger charge is -2.35. The number of benzene rings is 2. The zero-order chi connectivity index (χ0) is 22.6. The van der Waals surface area contributed by atoms with E-state index in [9.17, 15) is 14.4 Å². The third kappa shape index (κ3) is 2.70. The molecule has 0 spiro atoms. The normalized spacial score (nSPS) is 21.0. The van der Waals surface area contributed by atoms with Crippen LogP contribution >= 0.6 is 0 Å². The van der Waals surface area contributed by atoms with Crippen LogP contribution in [0.1, 0.15) is 48.8 Å². The highest BCUT2D eigenvalue weighted by Gasteiger charge is 2.59. The van der Waals surface area contributed by atoms with Crippen molar-refractivity contribution in [2.75, 3.05) is 11.4 Å². The fraction of sp³-hybridized carbons (Fsp3) is 0.320. The maximum atomic E-state index is 13.9. The lowest BCUT2D eigenvalue weighted by molar-refractivity contribution is -0.125. The van der Waals surface area contributed by atoms with Crippen molar-refractivity contribution >= 4 is 34.4 Å². The Hall–Kier alpha value is -3.61. The van der Waals surface area contributed by atoms with E-state index in [0.29, 0.717) is 24.2 Å². The van der Waals surface area contributed by atoms with Crippen molar-refractivity contribution in [3.63, 3.8) is 0 Å². The van der Waals surface area contributed by atoms with Crippen molar-refractivity contribution in [3.8, 4) is 0 Å². The standard InChI is InChI=1S/C25H26N4O3/c1-4-15(2)26-22(30)18-10-6-8-12-20(18)29-23(31)25(3)21-17(13-14-28(25)24(29)32)16-9-5-7-11-19(16)27-21/h5-12,15,27H,4,13-14H2,1-3H3,(H,26,30)/t15?,25-/m0/s1. The van der Waals surface area contributed by atoms with Gasteiger partial charge in [-0.3, -0.25) is 9.59 Å². The molecule has 7 heteroatoms. The number of aromatic nitrogens is 1. The Morgan fingerprint density at radius 2 is 1.88 bits per heavy atom. The van der Waals surface area contributed by atoms with Crippen LogP contribution in [-0.2, 0) is 16.8 Å². The molecule has 2 aromatic carbocycles. The Balaban J connectivity index is 1.61. The van der Waals surface area contributed by atoms with Crippen LogP contribution in [0, 0.1) is 0 Å². The topological polar surface area (TPSA) is 85.5 Å². The van der Waals surface area contributed by atoms with Crippen molar-refractivity contribution in [3.05, 3.63) is 65.4 Å². The summed E-state index contributed by atoms with van der Waals surface area (Å²) in [7, 11) is 0. The summed E-state index contributed by atoms with van der Waals surface area (Å²) in [4.78, 5) is 46.5. The predicted molar refractivity (Wildman–Crippen MR) is 123 cm³/mol. The molecule has 2 aliphatic heterocycles. The summed E-state index contributed by atoms with van der Waals surface area (Å²) in [5.41, 5.74) is 2.26. The first-order valence-electron chi connectivity index (χ1n) is 11.0. The Morgan fingerprint density at radius 1 is 1.16 bits per heavy atom. The summed E-state index contributed by atoms with van der Waals surface area (Å²) < 4.78 is 0. The van der Waals surface area contributed by atoms with Gasteiger partial charge in [0.25, 0.3) is 11.8 Å². The third-order valence-corrected chi connectivity index (χ3v) is 6.85. The molecule has 0 saturated carbocycles. The number of amides is 4. The van der Waals surface area contributed by atoms with E-state index in [1.807, 2.05) is 38.1 Å². The number of fused-ring (bicyclic) bond motifs is 5. The molecule has 32 heavy (non-hydrogen) atoms. The molecule has 1 fully saturated rings. The molecule has 0 bridgehead atoms. The highest BCUT2D eigenvalue weighted by molar-refractivity contribution is 6.25. The number of aromatic amines is 1. The summed E-state index contributed by atoms with van der Waals surface area (Å²) >= 11 is 0. The van der Waals surface area contributed by atoms with Crippen LogP contribution in [0.25, 0.3) is 10.9 Å². The molecule has 1 aromatic heterocycles. The molecular weight excluding hydrogens is 404 g/mol. The zero-order valence-electron chi connectivity index (χ0n) is 18.4. The number of hydrogen-bond donors (Lipinski definition) is 2. The van der Waals surface area contributed by atoms with Gasteiger partial charge in [0.1, 0.15) is 0 Å². The van der Waals surface area contributed by atoms with Crippen molar-refractivity contribution < 1.29 is 14.4 Å². The van der Waals surface area contributed by atoms with Gasteiger partial charge < -0.3 is 15.2 Å². The highest BCUT2D eigenvalue weighted by Crippen LogP contribution is 2.45. The van der Waals surface area contributed by atoms with Crippen molar-refractivity contribution in [2.45, 2.75) is 45.2 Å². The second kappa shape index (κ2) is 7.22. The number of urea groups is 1. The number of carbonyl (C=O) groups is 3. The summed E-state index contributed by atoms with van der Waals surface area (Å²) in [5.74, 6) is -0.643. The minimum absolute atomic E-state index is 0.0155. The van der Waals surface area contributed by atoms with Crippen LogP contribution in [0.2, 0.25) is 0 Å². The number of hydrogen-bond acceptors (Lipinski definition) is 3. The van der Waals surface area contributed by atoms with Gasteiger partial charge in [-0.05, 0) is 50.5 Å². The lowest BCUT2D eigenvalue weighted by atomic mass is 9.87.